The fraction of sp³-hybridized carbons (Fsp3) is 0.547. The quantitative estimate of drug-likeness (QED) is 0.00666. The minimum absolute atomic E-state index is 0.00706. The van der Waals surface area contributed by atoms with E-state index < -0.39 is 256 Å². The number of unbranched alkanes of at least 4 members (excludes halogenated alkanes) is 6. The first-order valence-electron chi connectivity index (χ1n) is 37.4. The molecular weight excluding hydrogens is 1510 g/mol. The van der Waals surface area contributed by atoms with E-state index in [1.807, 2.05) is 0 Å². The molecule has 1 fully saturated rings. The molecule has 3 aromatic rings. The number of aromatic amines is 1. The highest BCUT2D eigenvalue weighted by Crippen LogP contribution is 2.24. The molecule has 1 aliphatic rings. The van der Waals surface area contributed by atoms with Gasteiger partial charge < -0.3 is 105 Å². The van der Waals surface area contributed by atoms with E-state index in [0.29, 0.717) is 29.3 Å². The number of cyclic esters (lactones) is 1. The van der Waals surface area contributed by atoms with Crippen LogP contribution in [0.3, 0.4) is 0 Å². The lowest BCUT2D eigenvalue weighted by Gasteiger charge is -2.29. The first kappa shape index (κ1) is 95.3. The van der Waals surface area contributed by atoms with Gasteiger partial charge in [-0.1, -0.05) is 82.7 Å². The number of carbonyl (C=O) groups excluding carboxylic acids is 19. The van der Waals surface area contributed by atoms with Gasteiger partial charge in [0, 0.05) is 72.8 Å². The molecule has 630 valence electrons. The normalized spacial score (nSPS) is 21.3. The van der Waals surface area contributed by atoms with Crippen molar-refractivity contribution < 1.29 is 125 Å². The summed E-state index contributed by atoms with van der Waals surface area (Å²) in [7, 11) is 0. The summed E-state index contributed by atoms with van der Waals surface area (Å²) in [5.41, 5.74) is 18.4. The van der Waals surface area contributed by atoms with Crippen molar-refractivity contribution in [1.29, 1.82) is 0 Å². The van der Waals surface area contributed by atoms with Gasteiger partial charge in [-0.15, -0.1) is 0 Å². The summed E-state index contributed by atoms with van der Waals surface area (Å²) in [5.74, 6) is -27.1. The average Bonchev–Trinajstić information content (AvgIpc) is 1.70. The standard InChI is InChI=1S/C75H104N14O26/c1-5-6-7-8-9-10-11-22-63(99)84-54(24-45-31-79-51-20-15-13-17-47(45)51)73(109)86-53(30-62(78)98)60(96)25-44(27-66(102)103)69(105)89-67-43(4)115-75(111)55(29-58(94)48-18-12-14-19-50(48)77)87-71(107)49(41(2)35-112-38-91)28-61(97)56(34-90)85-65(101)32-80-72(108)57(37-114-40-93)88-68(104)42(3)82-70(106)46(36-113-39-92)26-59(95)52(21-16-23-76)83-64(100)33-81-74(67)110/h12-15,17-20,31,38-44,46,49,52-57,67,79,90H,5-11,16,21-30,32-37,76-77H2,1-4H3,(H2,78,98)(H,80,108)(H,81,110)(H,82,106)(H,83,100)(H,84,99)(H,85,101)(H,86,109)(H,87,107)(H,88,104)(H,89,105)(H,102,103)/t41?,42-,43-,44+,46+,49+,52+,53-,54+,55+,56-,57+,67+/m1/s1. The highest BCUT2D eigenvalue weighted by molar-refractivity contribution is 6.05. The molecule has 4 rings (SSSR count). The molecule has 1 aromatic heterocycles. The second kappa shape index (κ2) is 50.1. The van der Waals surface area contributed by atoms with E-state index in [1.165, 1.54) is 31.2 Å². The van der Waals surface area contributed by atoms with E-state index in [9.17, 15) is 106 Å². The van der Waals surface area contributed by atoms with Gasteiger partial charge in [0.05, 0.1) is 69.0 Å². The molecule has 40 nitrogen and oxygen atoms in total. The summed E-state index contributed by atoms with van der Waals surface area (Å²) in [4.78, 5) is 276. The van der Waals surface area contributed by atoms with E-state index in [1.54, 1.807) is 30.5 Å². The molecule has 0 bridgehead atoms. The number of hydrogen-bond donors (Lipinski definition) is 16. The maximum absolute atomic E-state index is 14.9. The van der Waals surface area contributed by atoms with Crippen LogP contribution in [0.5, 0.6) is 0 Å². The fourth-order valence-corrected chi connectivity index (χ4v) is 12.3. The molecule has 1 aliphatic heterocycles. The van der Waals surface area contributed by atoms with Crippen LogP contribution in [0.4, 0.5) is 5.69 Å². The van der Waals surface area contributed by atoms with Crippen LogP contribution in [-0.4, -0.2) is 235 Å². The Labute approximate surface area is 660 Å². The van der Waals surface area contributed by atoms with Crippen LogP contribution >= 0.6 is 0 Å². The van der Waals surface area contributed by atoms with E-state index in [0.717, 1.165) is 46.0 Å². The second-order valence-electron chi connectivity index (χ2n) is 27.6. The van der Waals surface area contributed by atoms with Gasteiger partial charge in [-0.3, -0.25) is 91.1 Å². The largest absolute Gasteiger partial charge is 0.481 e. The lowest BCUT2D eigenvalue weighted by Crippen LogP contribution is -2.57. The summed E-state index contributed by atoms with van der Waals surface area (Å²) in [6.07, 6.45) is -1.08. The number of primary amides is 1. The number of aliphatic hydroxyl groups is 1. The lowest BCUT2D eigenvalue weighted by atomic mass is 9.87. The van der Waals surface area contributed by atoms with Crippen LogP contribution in [0.1, 0.15) is 146 Å². The number of aromatic nitrogens is 1. The number of benzene rings is 2. The number of ketones is 4. The van der Waals surface area contributed by atoms with Crippen molar-refractivity contribution in [2.45, 2.75) is 191 Å². The number of nitrogen functional groups attached to an aromatic ring is 1. The van der Waals surface area contributed by atoms with Crippen LogP contribution < -0.4 is 70.4 Å². The van der Waals surface area contributed by atoms with E-state index >= 15 is 0 Å². The van der Waals surface area contributed by atoms with Gasteiger partial charge in [0.1, 0.15) is 55.6 Å². The van der Waals surface area contributed by atoms with Crippen LogP contribution in [0.2, 0.25) is 0 Å². The second-order valence-corrected chi connectivity index (χ2v) is 27.6. The molecule has 115 heavy (non-hydrogen) atoms. The Morgan fingerprint density at radius 3 is 1.91 bits per heavy atom. The number of hydrogen-bond acceptors (Lipinski definition) is 27. The number of aliphatic carboxylic acids is 1. The van der Waals surface area contributed by atoms with Gasteiger partial charge in [0.15, 0.2) is 23.1 Å². The third kappa shape index (κ3) is 32.9. The number of anilines is 1. The number of carboxylic acid groups (broad SMARTS) is 1. The Balaban J connectivity index is 1.87. The van der Waals surface area contributed by atoms with Crippen molar-refractivity contribution in [1.82, 2.24) is 58.2 Å². The summed E-state index contributed by atoms with van der Waals surface area (Å²) < 4.78 is 20.2. The summed E-state index contributed by atoms with van der Waals surface area (Å²) in [6.45, 7) is -0.544. The number of esters is 1. The zero-order valence-corrected chi connectivity index (χ0v) is 64.3. The number of ether oxygens (including phenoxy) is 4. The van der Waals surface area contributed by atoms with E-state index in [2.05, 4.69) is 65.1 Å². The van der Waals surface area contributed by atoms with Crippen molar-refractivity contribution in [3.63, 3.8) is 0 Å². The maximum atomic E-state index is 14.9. The number of amides is 11. The Morgan fingerprint density at radius 2 is 1.27 bits per heavy atom. The number of carbonyl (C=O) groups is 20. The Kier molecular flexibility index (Phi) is 41.5. The fourth-order valence-electron chi connectivity index (χ4n) is 12.3. The maximum Gasteiger partial charge on any atom is 0.329 e. The number of carboxylic acids is 1. The SMILES string of the molecule is CCCCCCCCCC(=O)N[C@@H](Cc1c[nH]c2ccccc12)C(=O)N[C@H](CC(N)=O)C(=O)C[C@@H](CC(=O)O)C(=O)N[C@@H]1C(=O)NCC(=O)N[C@@H](CCCN)C(=O)C[C@@H](COC=O)C(=O)N[C@H](C)C(=O)N[C@@H](COC=O)C(=O)NCC(=O)N[C@H](CO)C(=O)C[C@@H](C(C)COC=O)C(=O)N[C@@H](CC(=O)c2ccccc2N)C(=O)O[C@@H]1C. The number of fused-ring (bicyclic) bond motifs is 1. The Hall–Kier alpha value is -12.1. The van der Waals surface area contributed by atoms with Crippen LogP contribution in [-0.2, 0) is 116 Å². The van der Waals surface area contributed by atoms with Gasteiger partial charge in [-0.2, -0.15) is 0 Å². The van der Waals surface area contributed by atoms with Gasteiger partial charge >= 0.3 is 11.9 Å². The van der Waals surface area contributed by atoms with Crippen LogP contribution in [0, 0.1) is 23.7 Å². The third-order valence-electron chi connectivity index (χ3n) is 18.7. The van der Waals surface area contributed by atoms with Crippen molar-refractivity contribution in [3.05, 3.63) is 65.9 Å². The monoisotopic (exact) mass is 1620 g/mol. The molecular formula is C75H104N14O26. The molecule has 11 amide bonds. The molecule has 0 saturated carbocycles. The minimum Gasteiger partial charge on any atom is -0.481 e. The number of H-pyrrole nitrogens is 1. The molecule has 2 heterocycles. The van der Waals surface area contributed by atoms with E-state index in [-0.39, 0.29) is 62.9 Å². The molecule has 0 spiro atoms. The van der Waals surface area contributed by atoms with Crippen molar-refractivity contribution in [3.8, 4) is 0 Å². The van der Waals surface area contributed by atoms with Crippen LogP contribution in [0.25, 0.3) is 10.9 Å². The molecule has 19 N–H and O–H groups in total. The van der Waals surface area contributed by atoms with Gasteiger partial charge in [0.2, 0.25) is 65.0 Å². The number of Topliss-reactive ketones (excluding diaryl/α,β-unsaturated/α-hetero) is 4. The average molecular weight is 1620 g/mol. The summed E-state index contributed by atoms with van der Waals surface area (Å²) >= 11 is 0. The number of rotatable bonds is 39. The number of para-hydroxylation sites is 2. The van der Waals surface area contributed by atoms with Gasteiger partial charge in [-0.05, 0) is 63.4 Å². The van der Waals surface area contributed by atoms with Gasteiger partial charge in [0.25, 0.3) is 19.4 Å². The molecule has 0 radical (unpaired) electrons. The lowest BCUT2D eigenvalue weighted by molar-refractivity contribution is -0.156. The molecule has 13 atom stereocenters. The van der Waals surface area contributed by atoms with Crippen molar-refractivity contribution in [2.75, 3.05) is 51.8 Å². The first-order valence-corrected chi connectivity index (χ1v) is 37.4. The zero-order chi connectivity index (χ0) is 85.3. The predicted octanol–water partition coefficient (Wildman–Crippen LogP) is -3.26. The highest BCUT2D eigenvalue weighted by Gasteiger charge is 2.41. The van der Waals surface area contributed by atoms with E-state index in [4.69, 9.17) is 36.1 Å². The van der Waals surface area contributed by atoms with Crippen LogP contribution in [0.15, 0.2) is 54.7 Å². The van der Waals surface area contributed by atoms with Crippen molar-refractivity contribution >= 4 is 136 Å². The highest BCUT2D eigenvalue weighted by atomic mass is 16.5. The molecule has 0 aliphatic carbocycles. The Morgan fingerprint density at radius 1 is 0.652 bits per heavy atom. The smallest absolute Gasteiger partial charge is 0.329 e. The summed E-state index contributed by atoms with van der Waals surface area (Å²) in [5, 5.41) is 44.4. The number of aliphatic hydroxyl groups excluding tert-OH is 1. The molecule has 1 unspecified atom stereocenters. The molecule has 40 heteroatoms. The zero-order valence-electron chi connectivity index (χ0n) is 64.3. The summed E-state index contributed by atoms with van der Waals surface area (Å²) in [6, 6.07) is -2.42. The topological polar surface area (TPSA) is 633 Å². The minimum atomic E-state index is -2.34. The first-order chi connectivity index (χ1) is 54.8. The van der Waals surface area contributed by atoms with Gasteiger partial charge in [-0.25, -0.2) is 4.79 Å². The Bertz CT molecular complexity index is 3930. The predicted molar refractivity (Wildman–Crippen MR) is 403 cm³/mol. The number of nitrogens with two attached hydrogens (primary N) is 3. The third-order valence-corrected chi connectivity index (χ3v) is 18.7. The molecule has 1 saturated heterocycles. The number of nitrogens with one attached hydrogen (secondary N) is 11. The van der Waals surface area contributed by atoms with Crippen molar-refractivity contribution in [2.24, 2.45) is 35.1 Å². The molecule has 2 aromatic carbocycles.